The zero-order chi connectivity index (χ0) is 36.1. The van der Waals surface area contributed by atoms with Crippen molar-refractivity contribution >= 4 is 50.9 Å². The lowest BCUT2D eigenvalue weighted by Gasteiger charge is -2.25. The molecule has 0 spiro atoms. The molecule has 1 aromatic heterocycles. The lowest BCUT2D eigenvalue weighted by molar-refractivity contribution is -0.113. The third-order valence-electron chi connectivity index (χ3n) is 8.11. The molecule has 0 bridgehead atoms. The lowest BCUT2D eigenvalue weighted by Crippen LogP contribution is -2.40. The van der Waals surface area contributed by atoms with Crippen LogP contribution in [0.5, 0.6) is 17.2 Å². The Morgan fingerprint density at radius 2 is 1.75 bits per heavy atom. The minimum atomic E-state index is -0.759. The molecule has 51 heavy (non-hydrogen) atoms. The van der Waals surface area contributed by atoms with Gasteiger partial charge in [-0.05, 0) is 101 Å². The van der Waals surface area contributed by atoms with E-state index in [1.165, 1.54) is 11.3 Å². The third-order valence-corrected chi connectivity index (χ3v) is 9.68. The number of carbonyl (C=O) groups excluding carboxylic acids is 2. The van der Waals surface area contributed by atoms with Crippen molar-refractivity contribution in [2.24, 2.45) is 4.99 Å². The Labute approximate surface area is 306 Å². The second-order valence-corrected chi connectivity index (χ2v) is 13.3. The molecule has 4 aromatic carbocycles. The fourth-order valence-electron chi connectivity index (χ4n) is 5.68. The van der Waals surface area contributed by atoms with Crippen LogP contribution < -0.4 is 34.4 Å². The Morgan fingerprint density at radius 3 is 2.45 bits per heavy atom. The molecule has 260 valence electrons. The van der Waals surface area contributed by atoms with Gasteiger partial charge >= 0.3 is 5.97 Å². The van der Waals surface area contributed by atoms with Gasteiger partial charge in [0.25, 0.3) is 11.5 Å². The highest BCUT2D eigenvalue weighted by Gasteiger charge is 2.33. The summed E-state index contributed by atoms with van der Waals surface area (Å²) in [5.41, 5.74) is 3.89. The van der Waals surface area contributed by atoms with Crippen LogP contribution in [0.15, 0.2) is 117 Å². The first-order valence-corrected chi connectivity index (χ1v) is 17.6. The fraction of sp³-hybridized carbons (Fsp3) is 0.179. The fourth-order valence-corrected chi connectivity index (χ4v) is 7.30. The van der Waals surface area contributed by atoms with E-state index in [2.05, 4.69) is 21.2 Å². The van der Waals surface area contributed by atoms with Crippen molar-refractivity contribution in [1.82, 2.24) is 4.57 Å². The van der Waals surface area contributed by atoms with Crippen LogP contribution in [-0.2, 0) is 16.1 Å². The van der Waals surface area contributed by atoms with Gasteiger partial charge in [-0.15, -0.1) is 0 Å². The molecule has 1 N–H and O–H groups in total. The number of para-hydroxylation sites is 1. The summed E-state index contributed by atoms with van der Waals surface area (Å²) in [6.07, 6.45) is 1.76. The van der Waals surface area contributed by atoms with Gasteiger partial charge in [0.2, 0.25) is 0 Å². The van der Waals surface area contributed by atoms with Crippen LogP contribution in [0.25, 0.3) is 6.08 Å². The summed E-state index contributed by atoms with van der Waals surface area (Å²) >= 11 is 4.85. The summed E-state index contributed by atoms with van der Waals surface area (Å²) < 4.78 is 25.0. The number of esters is 1. The van der Waals surface area contributed by atoms with Crippen molar-refractivity contribution in [3.63, 3.8) is 0 Å². The molecule has 0 aliphatic carbocycles. The number of anilines is 1. The Hall–Kier alpha value is -5.46. The number of fused-ring (bicyclic) bond motifs is 1. The molecule has 6 rings (SSSR count). The molecule has 1 aliphatic rings. The van der Waals surface area contributed by atoms with E-state index in [4.69, 9.17) is 23.9 Å². The molecule has 1 atom stereocenters. The van der Waals surface area contributed by atoms with Crippen LogP contribution in [0, 0.1) is 0 Å². The summed E-state index contributed by atoms with van der Waals surface area (Å²) in [7, 11) is 3.11. The van der Waals surface area contributed by atoms with Crippen molar-refractivity contribution in [2.75, 3.05) is 26.1 Å². The van der Waals surface area contributed by atoms with E-state index in [9.17, 15) is 14.4 Å². The largest absolute Gasteiger partial charge is 0.497 e. The second-order valence-electron chi connectivity index (χ2n) is 11.4. The van der Waals surface area contributed by atoms with Gasteiger partial charge in [-0.25, -0.2) is 9.79 Å². The SMILES string of the molecule is CCOC(=O)c1ccc(COc2c(Br)cc(/C=c3\sc4n(c3=O)[C@@H](c3cccc(OC)c3)C(C(=O)Nc3ccccc3)=C(C)N=4)cc2OC)cc1. The van der Waals surface area contributed by atoms with Gasteiger partial charge in [0.1, 0.15) is 12.4 Å². The van der Waals surface area contributed by atoms with Gasteiger partial charge in [-0.2, -0.15) is 0 Å². The standard InChI is InChI=1S/C39H34BrN3O7S/c1-5-49-38(46)26-16-14-24(15-17-26)22-50-35-30(40)18-25(19-31(35)48-4)20-32-37(45)43-34(27-10-9-13-29(21-27)47-3)33(23(2)41-39(43)51-32)36(44)42-28-11-7-6-8-12-28/h6-21,34H,5,22H2,1-4H3,(H,42,44)/b32-20-/t34-/m0/s1. The minimum absolute atomic E-state index is 0.222. The molecular weight excluding hydrogens is 734 g/mol. The summed E-state index contributed by atoms with van der Waals surface area (Å²) in [6, 6.07) is 26.3. The quantitative estimate of drug-likeness (QED) is 0.155. The summed E-state index contributed by atoms with van der Waals surface area (Å²) in [5, 5.41) is 2.97. The molecule has 0 saturated carbocycles. The number of hydrogen-bond donors (Lipinski definition) is 1. The molecule has 0 radical (unpaired) electrons. The Bertz CT molecular complexity index is 2320. The monoisotopic (exact) mass is 767 g/mol. The number of benzene rings is 4. The van der Waals surface area contributed by atoms with Gasteiger partial charge in [-0.3, -0.25) is 14.2 Å². The number of nitrogens with zero attached hydrogens (tertiary/aromatic N) is 2. The first-order valence-electron chi connectivity index (χ1n) is 16.0. The average molecular weight is 769 g/mol. The van der Waals surface area contributed by atoms with Gasteiger partial charge < -0.3 is 24.3 Å². The number of aromatic nitrogens is 1. The van der Waals surface area contributed by atoms with E-state index < -0.39 is 6.04 Å². The highest BCUT2D eigenvalue weighted by Crippen LogP contribution is 2.38. The first-order chi connectivity index (χ1) is 24.7. The molecule has 0 fully saturated rings. The summed E-state index contributed by atoms with van der Waals surface area (Å²) in [5.74, 6) is 0.797. The number of thiazole rings is 1. The number of carbonyl (C=O) groups is 2. The van der Waals surface area contributed by atoms with Crippen LogP contribution in [0.2, 0.25) is 0 Å². The molecule has 1 aliphatic heterocycles. The van der Waals surface area contributed by atoms with Crippen molar-refractivity contribution in [2.45, 2.75) is 26.5 Å². The Balaban J connectivity index is 1.35. The summed E-state index contributed by atoms with van der Waals surface area (Å²) in [6.45, 7) is 4.07. The van der Waals surface area contributed by atoms with E-state index in [0.29, 0.717) is 71.3 Å². The van der Waals surface area contributed by atoms with Crippen LogP contribution in [-0.4, -0.2) is 37.3 Å². The number of hydrogen-bond acceptors (Lipinski definition) is 9. The number of allylic oxidation sites excluding steroid dienone is 1. The third kappa shape index (κ3) is 7.67. The van der Waals surface area contributed by atoms with Gasteiger partial charge in [0, 0.05) is 5.69 Å². The maximum absolute atomic E-state index is 14.3. The number of nitrogens with one attached hydrogen (secondary N) is 1. The minimum Gasteiger partial charge on any atom is -0.497 e. The van der Waals surface area contributed by atoms with Crippen molar-refractivity contribution in [3.8, 4) is 17.2 Å². The maximum Gasteiger partial charge on any atom is 0.338 e. The van der Waals surface area contributed by atoms with Crippen LogP contribution >= 0.6 is 27.3 Å². The number of rotatable bonds is 11. The zero-order valence-corrected chi connectivity index (χ0v) is 30.7. The first kappa shape index (κ1) is 35.4. The summed E-state index contributed by atoms with van der Waals surface area (Å²) in [4.78, 5) is 45.3. The highest BCUT2D eigenvalue weighted by molar-refractivity contribution is 9.10. The number of methoxy groups -OCH3 is 2. The van der Waals surface area contributed by atoms with Crippen molar-refractivity contribution in [1.29, 1.82) is 0 Å². The molecule has 2 heterocycles. The van der Waals surface area contributed by atoms with Crippen LogP contribution in [0.4, 0.5) is 5.69 Å². The van der Waals surface area contributed by atoms with Gasteiger partial charge in [-0.1, -0.05) is 53.8 Å². The number of amides is 1. The number of ether oxygens (including phenoxy) is 4. The molecule has 1 amide bonds. The number of halogens is 1. The van der Waals surface area contributed by atoms with E-state index in [1.807, 2.05) is 48.5 Å². The van der Waals surface area contributed by atoms with Crippen LogP contribution in [0.1, 0.15) is 46.9 Å². The van der Waals surface area contributed by atoms with E-state index in [0.717, 1.165) is 5.56 Å². The molecule has 5 aromatic rings. The van der Waals surface area contributed by atoms with Crippen LogP contribution in [0.3, 0.4) is 0 Å². The zero-order valence-electron chi connectivity index (χ0n) is 28.3. The predicted octanol–water partition coefficient (Wildman–Crippen LogP) is 6.41. The highest BCUT2D eigenvalue weighted by atomic mass is 79.9. The van der Waals surface area contributed by atoms with Gasteiger partial charge in [0.05, 0.1) is 52.7 Å². The van der Waals surface area contributed by atoms with Crippen molar-refractivity contribution in [3.05, 3.63) is 149 Å². The molecule has 12 heteroatoms. The average Bonchev–Trinajstić information content (AvgIpc) is 3.44. The normalized spacial score (nSPS) is 14.0. The maximum atomic E-state index is 14.3. The lowest BCUT2D eigenvalue weighted by atomic mass is 9.95. The van der Waals surface area contributed by atoms with Gasteiger partial charge in [0.15, 0.2) is 16.3 Å². The smallest absolute Gasteiger partial charge is 0.338 e. The molecule has 0 unspecified atom stereocenters. The van der Waals surface area contributed by atoms with E-state index >= 15 is 0 Å². The topological polar surface area (TPSA) is 117 Å². The van der Waals surface area contributed by atoms with E-state index in [-0.39, 0.29) is 24.0 Å². The molecule has 0 saturated heterocycles. The van der Waals surface area contributed by atoms with Crippen molar-refractivity contribution < 1.29 is 28.5 Å². The molecular formula is C39H34BrN3O7S. The Morgan fingerprint density at radius 1 is 0.980 bits per heavy atom. The second kappa shape index (κ2) is 15.6. The predicted molar refractivity (Wildman–Crippen MR) is 199 cm³/mol. The molecule has 10 nitrogen and oxygen atoms in total. The Kier molecular flexibility index (Phi) is 10.8. The van der Waals surface area contributed by atoms with E-state index in [1.54, 1.807) is 81.2 Å².